The first-order valence-corrected chi connectivity index (χ1v) is 19.3. The van der Waals surface area contributed by atoms with E-state index in [1.54, 1.807) is 30.5 Å². The Morgan fingerprint density at radius 1 is 1.15 bits per heavy atom. The first-order chi connectivity index (χ1) is 26.2. The molecule has 6 rings (SSSR count). The van der Waals surface area contributed by atoms with Gasteiger partial charge in [0, 0.05) is 58.7 Å². The second-order valence-corrected chi connectivity index (χ2v) is 14.6. The number of hydrogen-bond acceptors (Lipinski definition) is 12. The molecule has 1 saturated heterocycles. The average molecular weight is 782 g/mol. The molecule has 276 valence electrons. The lowest BCUT2D eigenvalue weighted by Gasteiger charge is -2.22. The Morgan fingerprint density at radius 3 is 2.57 bits per heavy atom. The van der Waals surface area contributed by atoms with Crippen LogP contribution < -0.4 is 20.7 Å². The number of benzene rings is 2. The largest absolute Gasteiger partial charge is 0.490 e. The number of thiazole rings is 1. The van der Waals surface area contributed by atoms with Gasteiger partial charge in [0.15, 0.2) is 0 Å². The third-order valence-corrected chi connectivity index (χ3v) is 10.7. The lowest BCUT2D eigenvalue weighted by atomic mass is 9.99. The molecule has 0 unspecified atom stereocenters. The molecule has 0 saturated carbocycles. The standard InChI is InChI=1S/C38H36ClN9O4S2/c1-23(45-35(49)31(41)17-27-19-43-22-44-27)38(50)52-16-15-51-29-11-7-24(8-12-29)32-30(18-40)37(47-34(33(32)42-2)48-13-3-4-14-48)54-21-28-20-53-36(46-28)25-5-9-26(39)10-6-25/h5-12,19-20,22-23,31H,3-4,13-17,21,41H2,1H3,(H,43,44)(H,45,49)/t23-,31-/m0/s1. The Kier molecular flexibility index (Phi) is 12.8. The molecule has 3 aromatic heterocycles. The van der Waals surface area contributed by atoms with Crippen LogP contribution in [0.4, 0.5) is 11.5 Å². The predicted octanol–water partition coefficient (Wildman–Crippen LogP) is 6.56. The van der Waals surface area contributed by atoms with Crippen LogP contribution in [0.2, 0.25) is 5.02 Å². The highest BCUT2D eigenvalue weighted by atomic mass is 35.5. The van der Waals surface area contributed by atoms with Gasteiger partial charge in [-0.15, -0.1) is 11.3 Å². The Hall–Kier alpha value is -5.45. The summed E-state index contributed by atoms with van der Waals surface area (Å²) >= 11 is 9.02. The van der Waals surface area contributed by atoms with E-state index >= 15 is 0 Å². The second-order valence-electron chi connectivity index (χ2n) is 12.4. The molecule has 1 fully saturated rings. The van der Waals surface area contributed by atoms with Crippen LogP contribution in [0.3, 0.4) is 0 Å². The molecule has 4 heterocycles. The van der Waals surface area contributed by atoms with Crippen molar-refractivity contribution in [1.82, 2.24) is 25.3 Å². The summed E-state index contributed by atoms with van der Waals surface area (Å²) in [5.41, 5.74) is 10.3. The smallest absolute Gasteiger partial charge is 0.328 e. The summed E-state index contributed by atoms with van der Waals surface area (Å²) in [6, 6.07) is 15.2. The van der Waals surface area contributed by atoms with E-state index in [1.165, 1.54) is 36.3 Å². The summed E-state index contributed by atoms with van der Waals surface area (Å²) in [6.45, 7) is 11.3. The van der Waals surface area contributed by atoms with Gasteiger partial charge in [0.2, 0.25) is 11.6 Å². The van der Waals surface area contributed by atoms with Crippen LogP contribution in [-0.4, -0.2) is 70.2 Å². The van der Waals surface area contributed by atoms with Crippen molar-refractivity contribution in [3.8, 4) is 33.5 Å². The predicted molar refractivity (Wildman–Crippen MR) is 209 cm³/mol. The molecule has 2 aromatic carbocycles. The number of aromatic amines is 1. The number of aromatic nitrogens is 4. The second kappa shape index (κ2) is 18.1. The van der Waals surface area contributed by atoms with Crippen molar-refractivity contribution in [2.24, 2.45) is 5.73 Å². The Morgan fingerprint density at radius 2 is 1.89 bits per heavy atom. The van der Waals surface area contributed by atoms with Gasteiger partial charge in [-0.2, -0.15) is 5.26 Å². The number of H-pyrrole nitrogens is 1. The van der Waals surface area contributed by atoms with Crippen molar-refractivity contribution < 1.29 is 19.1 Å². The maximum atomic E-state index is 12.5. The average Bonchev–Trinajstić information content (AvgIpc) is 4.00. The maximum absolute atomic E-state index is 12.5. The van der Waals surface area contributed by atoms with Gasteiger partial charge in [-0.1, -0.05) is 47.6 Å². The number of nitrogens with one attached hydrogen (secondary N) is 2. The first kappa shape index (κ1) is 38.3. The van der Waals surface area contributed by atoms with Gasteiger partial charge < -0.3 is 30.4 Å². The normalized spacial score (nSPS) is 13.5. The van der Waals surface area contributed by atoms with Crippen LogP contribution in [0.5, 0.6) is 5.75 Å². The number of thioether (sulfide) groups is 1. The zero-order chi connectivity index (χ0) is 38.0. The molecule has 0 spiro atoms. The molecule has 1 amide bonds. The number of carbonyl (C=O) groups excluding carboxylic acids is 2. The van der Waals surface area contributed by atoms with Gasteiger partial charge in [0.05, 0.1) is 30.2 Å². The van der Waals surface area contributed by atoms with Crippen LogP contribution in [0.25, 0.3) is 26.5 Å². The van der Waals surface area contributed by atoms with E-state index < -0.39 is 24.0 Å². The van der Waals surface area contributed by atoms with Crippen molar-refractivity contribution in [2.45, 2.75) is 49.0 Å². The number of nitrogens with two attached hydrogens (primary N) is 1. The number of rotatable bonds is 15. The van der Waals surface area contributed by atoms with E-state index in [-0.39, 0.29) is 19.6 Å². The minimum absolute atomic E-state index is 0.0498. The lowest BCUT2D eigenvalue weighted by Crippen LogP contribution is -2.48. The maximum Gasteiger partial charge on any atom is 0.328 e. The summed E-state index contributed by atoms with van der Waals surface area (Å²) < 4.78 is 11.1. The fraction of sp³-hybridized carbons (Fsp3) is 0.289. The number of hydrogen-bond donors (Lipinski definition) is 3. The van der Waals surface area contributed by atoms with E-state index in [2.05, 4.69) is 31.1 Å². The van der Waals surface area contributed by atoms with Crippen molar-refractivity contribution in [3.05, 3.63) is 99.8 Å². The van der Waals surface area contributed by atoms with E-state index in [1.807, 2.05) is 29.6 Å². The summed E-state index contributed by atoms with van der Waals surface area (Å²) in [7, 11) is 0. The summed E-state index contributed by atoms with van der Waals surface area (Å²) in [5, 5.41) is 17.1. The minimum atomic E-state index is -0.905. The monoisotopic (exact) mass is 781 g/mol. The summed E-state index contributed by atoms with van der Waals surface area (Å²) in [6.07, 6.45) is 5.33. The number of halogens is 1. The number of anilines is 1. The van der Waals surface area contributed by atoms with E-state index in [9.17, 15) is 14.9 Å². The fourth-order valence-electron chi connectivity index (χ4n) is 5.78. The quantitative estimate of drug-likeness (QED) is 0.0454. The molecule has 5 aromatic rings. The van der Waals surface area contributed by atoms with E-state index in [0.717, 1.165) is 42.2 Å². The Bertz CT molecular complexity index is 2160. The summed E-state index contributed by atoms with van der Waals surface area (Å²) in [5.74, 6) is 0.467. The molecule has 2 atom stereocenters. The zero-order valence-electron chi connectivity index (χ0n) is 29.3. The topological polar surface area (TPSA) is 177 Å². The van der Waals surface area contributed by atoms with Crippen LogP contribution in [0.1, 0.15) is 36.7 Å². The highest BCUT2D eigenvalue weighted by Crippen LogP contribution is 2.45. The van der Waals surface area contributed by atoms with Crippen molar-refractivity contribution in [2.75, 3.05) is 31.2 Å². The van der Waals surface area contributed by atoms with Crippen molar-refractivity contribution in [3.63, 3.8) is 0 Å². The van der Waals surface area contributed by atoms with Gasteiger partial charge in [-0.05, 0) is 49.6 Å². The van der Waals surface area contributed by atoms with E-state index in [0.29, 0.717) is 55.4 Å². The molecule has 0 aliphatic carbocycles. The lowest BCUT2D eigenvalue weighted by molar-refractivity contribution is -0.148. The number of esters is 1. The van der Waals surface area contributed by atoms with Crippen molar-refractivity contribution in [1.29, 1.82) is 5.26 Å². The number of pyridine rings is 1. The van der Waals surface area contributed by atoms with Crippen LogP contribution in [0, 0.1) is 17.9 Å². The summed E-state index contributed by atoms with van der Waals surface area (Å²) in [4.78, 5) is 47.4. The van der Waals surface area contributed by atoms with Crippen LogP contribution >= 0.6 is 34.7 Å². The molecule has 13 nitrogen and oxygen atoms in total. The van der Waals surface area contributed by atoms with E-state index in [4.69, 9.17) is 43.3 Å². The molecule has 16 heteroatoms. The zero-order valence-corrected chi connectivity index (χ0v) is 31.6. The Labute approximate surface area is 325 Å². The first-order valence-electron chi connectivity index (χ1n) is 17.1. The third-order valence-electron chi connectivity index (χ3n) is 8.53. The fourth-order valence-corrected chi connectivity index (χ4v) is 7.71. The number of imidazole rings is 1. The van der Waals surface area contributed by atoms with Gasteiger partial charge in [0.1, 0.15) is 46.9 Å². The SMILES string of the molecule is [C-]#[N+]c1c(N2CCCC2)nc(SCc2csc(-c3ccc(Cl)cc3)n2)c(C#N)c1-c1ccc(OCCOC(=O)[C@H](C)NC(=O)[C@@H](N)Cc2cnc[nH]2)cc1. The van der Waals surface area contributed by atoms with Gasteiger partial charge in [0.25, 0.3) is 0 Å². The van der Waals surface area contributed by atoms with Crippen molar-refractivity contribution >= 4 is 58.1 Å². The number of carbonyl (C=O) groups is 2. The number of nitrogens with zero attached hydrogens (tertiary/aromatic N) is 6. The van der Waals surface area contributed by atoms with Gasteiger partial charge in [-0.25, -0.2) is 24.6 Å². The highest BCUT2D eigenvalue weighted by Gasteiger charge is 2.27. The number of amides is 1. The molecule has 1 aliphatic rings. The Balaban J connectivity index is 1.11. The molecule has 4 N–H and O–H groups in total. The molecule has 0 radical (unpaired) electrons. The molecular formula is C38H36ClN9O4S2. The third kappa shape index (κ3) is 9.37. The van der Waals surface area contributed by atoms with Gasteiger partial charge in [-0.3, -0.25) is 4.79 Å². The minimum Gasteiger partial charge on any atom is -0.490 e. The molecular weight excluding hydrogens is 746 g/mol. The van der Waals surface area contributed by atoms with Crippen LogP contribution in [-0.2, 0) is 26.5 Å². The molecule has 54 heavy (non-hydrogen) atoms. The number of nitriles is 1. The highest BCUT2D eigenvalue weighted by molar-refractivity contribution is 7.98. The molecule has 0 bridgehead atoms. The van der Waals surface area contributed by atoms with Gasteiger partial charge >= 0.3 is 5.97 Å². The number of ether oxygens (including phenoxy) is 2. The van der Waals surface area contributed by atoms with Crippen LogP contribution in [0.15, 0.2) is 71.5 Å². The molecule has 1 aliphatic heterocycles.